The van der Waals surface area contributed by atoms with E-state index in [-0.39, 0.29) is 6.04 Å². The Morgan fingerprint density at radius 2 is 2.00 bits per heavy atom. The van der Waals surface area contributed by atoms with Gasteiger partial charge < -0.3 is 11.5 Å². The van der Waals surface area contributed by atoms with E-state index in [1.807, 2.05) is 13.0 Å². The molecule has 16 heavy (non-hydrogen) atoms. The molecule has 0 saturated carbocycles. The average molecular weight is 215 g/mol. The van der Waals surface area contributed by atoms with Crippen LogP contribution in [0.1, 0.15) is 22.9 Å². The Labute approximate surface area is 93.6 Å². The Balaban J connectivity index is 2.46. The molecule has 0 aliphatic heterocycles. The molecule has 82 valence electrons. The molecule has 4 N–H and O–H groups in total. The van der Waals surface area contributed by atoms with Crippen LogP contribution in [0.15, 0.2) is 30.9 Å². The van der Waals surface area contributed by atoms with Crippen LogP contribution >= 0.6 is 0 Å². The van der Waals surface area contributed by atoms with Gasteiger partial charge in [0.25, 0.3) is 0 Å². The largest absolute Gasteiger partial charge is 0.383 e. The number of nitrogen functional groups attached to an aromatic ring is 1. The number of aryl methyl sites for hydroxylation is 1. The first-order valence-electron chi connectivity index (χ1n) is 4.92. The third-order valence-electron chi connectivity index (χ3n) is 2.45. The Bertz CT molecular complexity index is 463. The molecular weight excluding hydrogens is 202 g/mol. The molecule has 0 spiro atoms. The number of anilines is 1. The number of pyridine rings is 1. The smallest absolute Gasteiger partial charge is 0.128 e. The number of hydrogen-bond acceptors (Lipinski definition) is 5. The monoisotopic (exact) mass is 215 g/mol. The van der Waals surface area contributed by atoms with E-state index in [4.69, 9.17) is 11.5 Å². The molecule has 0 bridgehead atoms. The molecule has 5 heteroatoms. The highest BCUT2D eigenvalue weighted by atomic mass is 14.9. The highest BCUT2D eigenvalue weighted by molar-refractivity contribution is 5.48. The molecule has 0 saturated heterocycles. The first-order chi connectivity index (χ1) is 7.70. The minimum atomic E-state index is -0.387. The van der Waals surface area contributed by atoms with E-state index in [0.717, 1.165) is 11.1 Å². The van der Waals surface area contributed by atoms with Crippen molar-refractivity contribution in [1.82, 2.24) is 15.0 Å². The van der Waals surface area contributed by atoms with E-state index in [1.54, 1.807) is 24.8 Å². The summed E-state index contributed by atoms with van der Waals surface area (Å²) >= 11 is 0. The minimum absolute atomic E-state index is 0.387. The van der Waals surface area contributed by atoms with Crippen molar-refractivity contribution in [3.63, 3.8) is 0 Å². The molecule has 2 rings (SSSR count). The van der Waals surface area contributed by atoms with Crippen molar-refractivity contribution in [1.29, 1.82) is 0 Å². The number of rotatable bonds is 2. The number of hydrogen-bond donors (Lipinski definition) is 2. The fourth-order valence-electron chi connectivity index (χ4n) is 1.61. The molecule has 2 aromatic rings. The van der Waals surface area contributed by atoms with Crippen LogP contribution in [-0.2, 0) is 0 Å². The first kappa shape index (κ1) is 10.5. The molecule has 0 aromatic carbocycles. The van der Waals surface area contributed by atoms with Gasteiger partial charge in [-0.2, -0.15) is 0 Å². The summed E-state index contributed by atoms with van der Waals surface area (Å²) < 4.78 is 0. The molecule has 5 nitrogen and oxygen atoms in total. The summed E-state index contributed by atoms with van der Waals surface area (Å²) in [6.45, 7) is 1.95. The lowest BCUT2D eigenvalue weighted by Crippen LogP contribution is -2.17. The van der Waals surface area contributed by atoms with Crippen LogP contribution in [0.4, 0.5) is 5.82 Å². The van der Waals surface area contributed by atoms with Crippen LogP contribution in [-0.4, -0.2) is 15.0 Å². The van der Waals surface area contributed by atoms with Gasteiger partial charge in [0, 0.05) is 24.2 Å². The van der Waals surface area contributed by atoms with Crippen LogP contribution in [0.2, 0.25) is 0 Å². The van der Waals surface area contributed by atoms with E-state index in [1.165, 1.54) is 0 Å². The fourth-order valence-corrected chi connectivity index (χ4v) is 1.61. The van der Waals surface area contributed by atoms with Gasteiger partial charge in [0.2, 0.25) is 0 Å². The van der Waals surface area contributed by atoms with Crippen molar-refractivity contribution < 1.29 is 0 Å². The summed E-state index contributed by atoms with van der Waals surface area (Å²) in [7, 11) is 0. The van der Waals surface area contributed by atoms with E-state index >= 15 is 0 Å². The van der Waals surface area contributed by atoms with Gasteiger partial charge in [0.1, 0.15) is 5.82 Å². The van der Waals surface area contributed by atoms with Gasteiger partial charge in [-0.05, 0) is 18.6 Å². The Morgan fingerprint density at radius 3 is 2.62 bits per heavy atom. The van der Waals surface area contributed by atoms with Crippen molar-refractivity contribution in [3.8, 4) is 0 Å². The summed E-state index contributed by atoms with van der Waals surface area (Å²) in [4.78, 5) is 12.2. The van der Waals surface area contributed by atoms with Gasteiger partial charge >= 0.3 is 0 Å². The van der Waals surface area contributed by atoms with Crippen molar-refractivity contribution in [2.75, 3.05) is 5.73 Å². The zero-order chi connectivity index (χ0) is 11.5. The van der Waals surface area contributed by atoms with Gasteiger partial charge in [-0.3, -0.25) is 9.97 Å². The van der Waals surface area contributed by atoms with Gasteiger partial charge in [0.05, 0.1) is 17.9 Å². The zero-order valence-corrected chi connectivity index (χ0v) is 8.96. The van der Waals surface area contributed by atoms with E-state index < -0.39 is 0 Å². The van der Waals surface area contributed by atoms with Crippen molar-refractivity contribution in [3.05, 3.63) is 47.7 Å². The van der Waals surface area contributed by atoms with Gasteiger partial charge in [-0.15, -0.1) is 0 Å². The molecule has 1 unspecified atom stereocenters. The molecule has 2 heterocycles. The summed E-state index contributed by atoms with van der Waals surface area (Å²) in [5.41, 5.74) is 14.4. The van der Waals surface area contributed by atoms with Crippen LogP contribution in [0, 0.1) is 6.92 Å². The topological polar surface area (TPSA) is 90.7 Å². The molecule has 0 amide bonds. The van der Waals surface area contributed by atoms with Crippen LogP contribution in [0.3, 0.4) is 0 Å². The molecule has 0 aliphatic carbocycles. The Hall–Kier alpha value is -2.01. The first-order valence-corrected chi connectivity index (χ1v) is 4.92. The van der Waals surface area contributed by atoms with E-state index in [2.05, 4.69) is 15.0 Å². The van der Waals surface area contributed by atoms with Crippen LogP contribution in [0.5, 0.6) is 0 Å². The van der Waals surface area contributed by atoms with Gasteiger partial charge in [-0.25, -0.2) is 4.98 Å². The SMILES string of the molecule is Cc1ccnc(N)c1C(N)c1cnccn1. The minimum Gasteiger partial charge on any atom is -0.383 e. The van der Waals surface area contributed by atoms with Crippen LogP contribution < -0.4 is 11.5 Å². The van der Waals surface area contributed by atoms with Gasteiger partial charge in [-0.1, -0.05) is 0 Å². The predicted molar refractivity (Wildman–Crippen MR) is 61.4 cm³/mol. The molecule has 0 radical (unpaired) electrons. The van der Waals surface area contributed by atoms with E-state index in [9.17, 15) is 0 Å². The third kappa shape index (κ3) is 1.85. The molecule has 2 aromatic heterocycles. The summed E-state index contributed by atoms with van der Waals surface area (Å²) in [6, 6.07) is 1.49. The Morgan fingerprint density at radius 1 is 1.19 bits per heavy atom. The maximum absolute atomic E-state index is 6.10. The quantitative estimate of drug-likeness (QED) is 0.773. The summed E-state index contributed by atoms with van der Waals surface area (Å²) in [6.07, 6.45) is 6.51. The van der Waals surface area contributed by atoms with E-state index in [0.29, 0.717) is 11.5 Å². The standard InChI is InChI=1S/C11H13N5/c1-7-2-3-16-11(13)9(7)10(12)8-6-14-4-5-15-8/h2-6,10H,12H2,1H3,(H2,13,16). The fraction of sp³-hybridized carbons (Fsp3) is 0.182. The third-order valence-corrected chi connectivity index (χ3v) is 2.45. The van der Waals surface area contributed by atoms with Crippen molar-refractivity contribution in [2.24, 2.45) is 5.73 Å². The lowest BCUT2D eigenvalue weighted by Gasteiger charge is -2.15. The second-order valence-electron chi connectivity index (χ2n) is 3.53. The lowest BCUT2D eigenvalue weighted by molar-refractivity contribution is 0.808. The second-order valence-corrected chi connectivity index (χ2v) is 3.53. The molecule has 1 atom stereocenters. The van der Waals surface area contributed by atoms with Crippen molar-refractivity contribution in [2.45, 2.75) is 13.0 Å². The maximum Gasteiger partial charge on any atom is 0.128 e. The maximum atomic E-state index is 6.10. The predicted octanol–water partition coefficient (Wildman–Crippen LogP) is 0.810. The molecule has 0 fully saturated rings. The lowest BCUT2D eigenvalue weighted by atomic mass is 10.0. The van der Waals surface area contributed by atoms with Crippen LogP contribution in [0.25, 0.3) is 0 Å². The summed E-state index contributed by atoms with van der Waals surface area (Å²) in [5, 5.41) is 0. The summed E-state index contributed by atoms with van der Waals surface area (Å²) in [5.74, 6) is 0.443. The number of nitrogens with two attached hydrogens (primary N) is 2. The number of aromatic nitrogens is 3. The Kier molecular flexibility index (Phi) is 2.78. The average Bonchev–Trinajstić information content (AvgIpc) is 2.30. The van der Waals surface area contributed by atoms with Crippen molar-refractivity contribution >= 4 is 5.82 Å². The molecular formula is C11H13N5. The molecule has 0 aliphatic rings. The second kappa shape index (κ2) is 4.24. The number of nitrogens with zero attached hydrogens (tertiary/aromatic N) is 3. The highest BCUT2D eigenvalue weighted by Gasteiger charge is 2.16. The highest BCUT2D eigenvalue weighted by Crippen LogP contribution is 2.24. The zero-order valence-electron chi connectivity index (χ0n) is 8.96. The van der Waals surface area contributed by atoms with Gasteiger partial charge in [0.15, 0.2) is 0 Å². The normalized spacial score (nSPS) is 12.4.